The summed E-state index contributed by atoms with van der Waals surface area (Å²) in [5.74, 6) is 0. The van der Waals surface area contributed by atoms with Crippen LogP contribution in [0.2, 0.25) is 0 Å². The van der Waals surface area contributed by atoms with Crippen molar-refractivity contribution in [3.05, 3.63) is 42.9 Å². The predicted octanol–water partition coefficient (Wildman–Crippen LogP) is 3.61. The van der Waals surface area contributed by atoms with E-state index >= 15 is 0 Å². The zero-order chi connectivity index (χ0) is 12.6. The number of rotatable bonds is 0. The number of hydrogen-bond acceptors (Lipinski definition) is 2. The molecule has 0 saturated carbocycles. The quantitative estimate of drug-likeness (QED) is 0.692. The van der Waals surface area contributed by atoms with Crippen LogP contribution in [-0.4, -0.2) is 16.3 Å². The lowest BCUT2D eigenvalue weighted by Crippen LogP contribution is -2.26. The third-order valence-electron chi connectivity index (χ3n) is 2.38. The topological polar surface area (TPSA) is 31.2 Å². The molecule has 1 radical (unpaired) electrons. The molecule has 0 saturated heterocycles. The average molecular weight is 230 g/mol. The van der Waals surface area contributed by atoms with Crippen molar-refractivity contribution in [1.29, 1.82) is 0 Å². The molecule has 0 spiro atoms. The summed E-state index contributed by atoms with van der Waals surface area (Å²) in [5, 5.41) is 0.971. The summed E-state index contributed by atoms with van der Waals surface area (Å²) in [6.45, 7) is 9.47. The molecule has 3 nitrogen and oxygen atoms in total. The van der Waals surface area contributed by atoms with Crippen molar-refractivity contribution in [3.63, 3.8) is 0 Å². The molecule has 0 aliphatic rings. The highest BCUT2D eigenvalue weighted by molar-refractivity contribution is 5.92. The molecule has 0 aliphatic carbocycles. The lowest BCUT2D eigenvalue weighted by atomic mass is 10.2. The van der Waals surface area contributed by atoms with Crippen molar-refractivity contribution in [2.45, 2.75) is 26.4 Å². The maximum absolute atomic E-state index is 12.0. The molecule has 0 amide bonds. The van der Waals surface area contributed by atoms with Gasteiger partial charge in [-0.05, 0) is 39.3 Å². The second-order valence-electron chi connectivity index (χ2n) is 5.02. The van der Waals surface area contributed by atoms with Crippen LogP contribution < -0.4 is 0 Å². The number of hydrogen-bond donors (Lipinski definition) is 0. The zero-order valence-electron chi connectivity index (χ0n) is 10.4. The van der Waals surface area contributed by atoms with Gasteiger partial charge in [0.05, 0.1) is 5.52 Å². The molecule has 0 unspecified atom stereocenters. The Morgan fingerprint density at radius 1 is 1.29 bits per heavy atom. The van der Waals surface area contributed by atoms with Gasteiger partial charge in [-0.3, -0.25) is 4.57 Å². The number of carbonyl (C=O) groups is 1. The standard InChI is InChI=1S/C14H16NO2/c1-10-9-15(13(16)17-14(2,3)4)12-8-6-5-7-11(10)12/h5-9H,1H2,2-4H3. The van der Waals surface area contributed by atoms with Gasteiger partial charge in [0.25, 0.3) is 0 Å². The minimum Gasteiger partial charge on any atom is -0.443 e. The Morgan fingerprint density at radius 3 is 2.59 bits per heavy atom. The van der Waals surface area contributed by atoms with Crippen LogP contribution in [0, 0.1) is 6.92 Å². The third-order valence-corrected chi connectivity index (χ3v) is 2.38. The molecule has 1 heterocycles. The first-order chi connectivity index (χ1) is 7.88. The molecule has 89 valence electrons. The summed E-state index contributed by atoms with van der Waals surface area (Å²) in [4.78, 5) is 12.0. The van der Waals surface area contributed by atoms with Crippen molar-refractivity contribution in [2.75, 3.05) is 0 Å². The van der Waals surface area contributed by atoms with Crippen LogP contribution in [0.5, 0.6) is 0 Å². The Morgan fingerprint density at radius 2 is 1.94 bits per heavy atom. The first kappa shape index (κ1) is 11.7. The van der Waals surface area contributed by atoms with Crippen LogP contribution in [0.4, 0.5) is 4.79 Å². The van der Waals surface area contributed by atoms with Crippen LogP contribution in [0.3, 0.4) is 0 Å². The molecule has 3 heteroatoms. The molecule has 2 rings (SSSR count). The molecule has 1 aromatic carbocycles. The fraction of sp³-hybridized carbons (Fsp3) is 0.286. The average Bonchev–Trinajstić information content (AvgIpc) is 2.55. The van der Waals surface area contributed by atoms with Gasteiger partial charge in [0, 0.05) is 11.6 Å². The zero-order valence-corrected chi connectivity index (χ0v) is 10.4. The first-order valence-electron chi connectivity index (χ1n) is 5.54. The van der Waals surface area contributed by atoms with Crippen molar-refractivity contribution >= 4 is 17.0 Å². The number of nitrogens with zero attached hydrogens (tertiary/aromatic N) is 1. The van der Waals surface area contributed by atoms with Gasteiger partial charge in [-0.25, -0.2) is 4.79 Å². The van der Waals surface area contributed by atoms with Crippen LogP contribution in [-0.2, 0) is 4.74 Å². The van der Waals surface area contributed by atoms with Gasteiger partial charge in [0.15, 0.2) is 0 Å². The number of para-hydroxylation sites is 1. The molecule has 0 aliphatic heterocycles. The van der Waals surface area contributed by atoms with E-state index in [1.165, 1.54) is 4.57 Å². The first-order valence-corrected chi connectivity index (χ1v) is 5.54. The Bertz CT molecular complexity index is 561. The normalized spacial score (nSPS) is 11.8. The SMILES string of the molecule is [CH2]c1cn(C(=O)OC(C)(C)C)c2ccccc12. The number of carbonyl (C=O) groups excluding carboxylic acids is 1. The minimum atomic E-state index is -0.496. The molecular formula is C14H16NO2. The molecule has 0 bridgehead atoms. The van der Waals surface area contributed by atoms with E-state index in [9.17, 15) is 4.79 Å². The second kappa shape index (κ2) is 3.91. The molecule has 0 atom stereocenters. The van der Waals surface area contributed by atoms with Crippen LogP contribution in [0.1, 0.15) is 26.3 Å². The highest BCUT2D eigenvalue weighted by Crippen LogP contribution is 2.21. The Balaban J connectivity index is 2.46. The maximum Gasteiger partial charge on any atom is 0.419 e. The summed E-state index contributed by atoms with van der Waals surface area (Å²) in [6, 6.07) is 7.64. The van der Waals surface area contributed by atoms with E-state index in [0.29, 0.717) is 0 Å². The third kappa shape index (κ3) is 2.33. The smallest absolute Gasteiger partial charge is 0.419 e. The van der Waals surface area contributed by atoms with E-state index in [2.05, 4.69) is 6.92 Å². The van der Waals surface area contributed by atoms with Crippen molar-refractivity contribution in [1.82, 2.24) is 4.57 Å². The van der Waals surface area contributed by atoms with Crippen molar-refractivity contribution in [3.8, 4) is 0 Å². The van der Waals surface area contributed by atoms with E-state index < -0.39 is 5.60 Å². The van der Waals surface area contributed by atoms with Crippen LogP contribution >= 0.6 is 0 Å². The molecule has 1 aromatic heterocycles. The van der Waals surface area contributed by atoms with Gasteiger partial charge in [-0.1, -0.05) is 18.2 Å². The highest BCUT2D eigenvalue weighted by Gasteiger charge is 2.19. The van der Waals surface area contributed by atoms with Gasteiger partial charge in [0.1, 0.15) is 5.60 Å². The van der Waals surface area contributed by atoms with E-state index in [1.807, 2.05) is 45.0 Å². The summed E-state index contributed by atoms with van der Waals surface area (Å²) in [6.07, 6.45) is 1.34. The number of benzene rings is 1. The molecule has 17 heavy (non-hydrogen) atoms. The van der Waals surface area contributed by atoms with Gasteiger partial charge in [-0.15, -0.1) is 0 Å². The number of fused-ring (bicyclic) bond motifs is 1. The van der Waals surface area contributed by atoms with Crippen LogP contribution in [0.15, 0.2) is 30.5 Å². The molecule has 0 N–H and O–H groups in total. The lowest BCUT2D eigenvalue weighted by molar-refractivity contribution is 0.0544. The van der Waals surface area contributed by atoms with Gasteiger partial charge in [0.2, 0.25) is 0 Å². The largest absolute Gasteiger partial charge is 0.443 e. The number of ether oxygens (including phenoxy) is 1. The second-order valence-corrected chi connectivity index (χ2v) is 5.02. The summed E-state index contributed by atoms with van der Waals surface area (Å²) >= 11 is 0. The van der Waals surface area contributed by atoms with Crippen LogP contribution in [0.25, 0.3) is 10.9 Å². The maximum atomic E-state index is 12.0. The van der Waals surface area contributed by atoms with Crippen molar-refractivity contribution in [2.24, 2.45) is 0 Å². The fourth-order valence-corrected chi connectivity index (χ4v) is 1.71. The minimum absolute atomic E-state index is 0.372. The monoisotopic (exact) mass is 230 g/mol. The molecular weight excluding hydrogens is 214 g/mol. The predicted molar refractivity (Wildman–Crippen MR) is 68.0 cm³/mol. The molecule has 2 aromatic rings. The van der Waals surface area contributed by atoms with E-state index in [1.54, 1.807) is 6.20 Å². The lowest BCUT2D eigenvalue weighted by Gasteiger charge is -2.19. The van der Waals surface area contributed by atoms with E-state index in [4.69, 9.17) is 4.74 Å². The highest BCUT2D eigenvalue weighted by atomic mass is 16.6. The van der Waals surface area contributed by atoms with E-state index in [0.717, 1.165) is 16.5 Å². The fourth-order valence-electron chi connectivity index (χ4n) is 1.71. The Labute approximate surface area is 101 Å². The summed E-state index contributed by atoms with van der Waals surface area (Å²) in [5.41, 5.74) is 1.15. The van der Waals surface area contributed by atoms with Gasteiger partial charge < -0.3 is 4.74 Å². The Kier molecular flexibility index (Phi) is 2.69. The summed E-state index contributed by atoms with van der Waals surface area (Å²) in [7, 11) is 0. The Hall–Kier alpha value is -1.77. The van der Waals surface area contributed by atoms with E-state index in [-0.39, 0.29) is 6.09 Å². The summed E-state index contributed by atoms with van der Waals surface area (Å²) < 4.78 is 6.84. The number of aromatic nitrogens is 1. The molecule has 0 fully saturated rings. The van der Waals surface area contributed by atoms with Gasteiger partial charge >= 0.3 is 6.09 Å². The van der Waals surface area contributed by atoms with Crippen molar-refractivity contribution < 1.29 is 9.53 Å². The van der Waals surface area contributed by atoms with Gasteiger partial charge in [-0.2, -0.15) is 0 Å².